The number of benzene rings is 2. The summed E-state index contributed by atoms with van der Waals surface area (Å²) in [7, 11) is -2.07. The van der Waals surface area contributed by atoms with Crippen LogP contribution in [0.4, 0.5) is 5.69 Å². The van der Waals surface area contributed by atoms with Crippen molar-refractivity contribution < 1.29 is 8.42 Å². The van der Waals surface area contributed by atoms with Crippen LogP contribution >= 0.6 is 27.5 Å². The molecule has 2 aromatic rings. The van der Waals surface area contributed by atoms with Crippen molar-refractivity contribution in [1.82, 2.24) is 0 Å². The van der Waals surface area contributed by atoms with Crippen molar-refractivity contribution in [1.29, 1.82) is 0 Å². The van der Waals surface area contributed by atoms with E-state index >= 15 is 0 Å². The molecule has 2 rings (SSSR count). The molecule has 3 nitrogen and oxygen atoms in total. The van der Waals surface area contributed by atoms with Crippen molar-refractivity contribution in [3.8, 4) is 0 Å². The molecule has 20 heavy (non-hydrogen) atoms. The zero-order valence-corrected chi connectivity index (χ0v) is 14.1. The maximum atomic E-state index is 12.5. The van der Waals surface area contributed by atoms with Crippen molar-refractivity contribution >= 4 is 43.2 Å². The van der Waals surface area contributed by atoms with E-state index in [-0.39, 0.29) is 4.90 Å². The lowest BCUT2D eigenvalue weighted by atomic mass is 10.2. The molecule has 0 unspecified atom stereocenters. The van der Waals surface area contributed by atoms with Gasteiger partial charge in [0.1, 0.15) is 0 Å². The zero-order valence-electron chi connectivity index (χ0n) is 11.0. The standard InChI is InChI=1S/C14H13BrClNO2S/c1-10-3-5-11(6-4-10)17(2)20(18,19)12-7-8-14(16)13(15)9-12/h3-9H,1-2H3. The van der Waals surface area contributed by atoms with Gasteiger partial charge in [-0.2, -0.15) is 0 Å². The summed E-state index contributed by atoms with van der Waals surface area (Å²) >= 11 is 9.13. The minimum atomic E-state index is -3.60. The lowest BCUT2D eigenvalue weighted by Gasteiger charge is -2.20. The van der Waals surface area contributed by atoms with Crippen LogP contribution in [0.5, 0.6) is 0 Å². The fraction of sp³-hybridized carbons (Fsp3) is 0.143. The van der Waals surface area contributed by atoms with Crippen molar-refractivity contribution in [3.63, 3.8) is 0 Å². The largest absolute Gasteiger partial charge is 0.269 e. The van der Waals surface area contributed by atoms with Gasteiger partial charge in [0.25, 0.3) is 10.0 Å². The van der Waals surface area contributed by atoms with Crippen LogP contribution in [0.25, 0.3) is 0 Å². The van der Waals surface area contributed by atoms with Crippen LogP contribution in [0, 0.1) is 6.92 Å². The van der Waals surface area contributed by atoms with Gasteiger partial charge in [0, 0.05) is 11.5 Å². The van der Waals surface area contributed by atoms with E-state index in [9.17, 15) is 8.42 Å². The Kier molecular flexibility index (Phi) is 4.42. The number of rotatable bonds is 3. The zero-order chi connectivity index (χ0) is 14.9. The Bertz CT molecular complexity index is 729. The summed E-state index contributed by atoms with van der Waals surface area (Å²) in [5.74, 6) is 0. The molecule has 0 spiro atoms. The molecular weight excluding hydrogens is 362 g/mol. The fourth-order valence-corrected chi connectivity index (χ4v) is 3.56. The number of halogens is 2. The number of nitrogens with zero attached hydrogens (tertiary/aromatic N) is 1. The molecule has 2 aromatic carbocycles. The van der Waals surface area contributed by atoms with Gasteiger partial charge in [-0.15, -0.1) is 0 Å². The first-order chi connectivity index (χ1) is 9.32. The van der Waals surface area contributed by atoms with Gasteiger partial charge in [0.15, 0.2) is 0 Å². The average molecular weight is 375 g/mol. The topological polar surface area (TPSA) is 37.4 Å². The maximum Gasteiger partial charge on any atom is 0.264 e. The van der Waals surface area contributed by atoms with E-state index < -0.39 is 10.0 Å². The first kappa shape index (κ1) is 15.4. The quantitative estimate of drug-likeness (QED) is 0.806. The van der Waals surface area contributed by atoms with E-state index in [1.165, 1.54) is 23.5 Å². The van der Waals surface area contributed by atoms with Crippen LogP contribution < -0.4 is 4.31 Å². The molecule has 0 atom stereocenters. The Morgan fingerprint density at radius 3 is 2.25 bits per heavy atom. The van der Waals surface area contributed by atoms with E-state index in [1.807, 2.05) is 19.1 Å². The SMILES string of the molecule is Cc1ccc(N(C)S(=O)(=O)c2ccc(Cl)c(Br)c2)cc1. The molecule has 0 amide bonds. The Morgan fingerprint density at radius 2 is 1.70 bits per heavy atom. The van der Waals surface area contributed by atoms with E-state index in [0.717, 1.165) is 5.56 Å². The second kappa shape index (κ2) is 5.76. The molecule has 106 valence electrons. The Labute approximate surface area is 132 Å². The second-order valence-corrected chi connectivity index (χ2v) is 7.61. The Hall–Kier alpha value is -1.04. The molecule has 0 aromatic heterocycles. The van der Waals surface area contributed by atoms with Gasteiger partial charge >= 0.3 is 0 Å². The molecule has 0 aliphatic carbocycles. The van der Waals surface area contributed by atoms with Gasteiger partial charge < -0.3 is 0 Å². The van der Waals surface area contributed by atoms with Crippen LogP contribution in [0.1, 0.15) is 5.56 Å². The van der Waals surface area contributed by atoms with Gasteiger partial charge in [-0.25, -0.2) is 8.42 Å². The second-order valence-electron chi connectivity index (χ2n) is 4.38. The van der Waals surface area contributed by atoms with Gasteiger partial charge in [-0.05, 0) is 53.2 Å². The fourth-order valence-electron chi connectivity index (χ4n) is 1.69. The lowest BCUT2D eigenvalue weighted by Crippen LogP contribution is -2.26. The summed E-state index contributed by atoms with van der Waals surface area (Å²) in [6.45, 7) is 1.95. The summed E-state index contributed by atoms with van der Waals surface area (Å²) in [5, 5.41) is 0.474. The van der Waals surface area contributed by atoms with Gasteiger partial charge in [0.05, 0.1) is 15.6 Å². The third kappa shape index (κ3) is 3.00. The predicted octanol–water partition coefficient (Wildman–Crippen LogP) is 4.24. The smallest absolute Gasteiger partial charge is 0.264 e. The van der Waals surface area contributed by atoms with E-state index in [1.54, 1.807) is 18.2 Å². The van der Waals surface area contributed by atoms with Gasteiger partial charge in [-0.1, -0.05) is 29.3 Å². The Balaban J connectivity index is 2.43. The van der Waals surface area contributed by atoms with Crippen molar-refractivity contribution in [3.05, 3.63) is 57.5 Å². The summed E-state index contributed by atoms with van der Waals surface area (Å²) < 4.78 is 26.9. The minimum absolute atomic E-state index is 0.192. The lowest BCUT2D eigenvalue weighted by molar-refractivity contribution is 0.594. The maximum absolute atomic E-state index is 12.5. The monoisotopic (exact) mass is 373 g/mol. The summed E-state index contributed by atoms with van der Waals surface area (Å²) in [4.78, 5) is 0.192. The molecule has 0 aliphatic heterocycles. The van der Waals surface area contributed by atoms with Crippen LogP contribution in [0.3, 0.4) is 0 Å². The first-order valence-electron chi connectivity index (χ1n) is 5.83. The normalized spacial score (nSPS) is 11.4. The summed E-state index contributed by atoms with van der Waals surface area (Å²) in [5.41, 5.74) is 1.69. The molecule has 0 saturated carbocycles. The van der Waals surface area contributed by atoms with E-state index in [2.05, 4.69) is 15.9 Å². The van der Waals surface area contributed by atoms with Crippen LogP contribution in [0.2, 0.25) is 5.02 Å². The van der Waals surface area contributed by atoms with Crippen molar-refractivity contribution in [2.24, 2.45) is 0 Å². The molecule has 0 bridgehead atoms. The molecular formula is C14H13BrClNO2S. The van der Waals surface area contributed by atoms with Gasteiger partial charge in [0.2, 0.25) is 0 Å². The van der Waals surface area contributed by atoms with Crippen LogP contribution in [0.15, 0.2) is 51.8 Å². The first-order valence-corrected chi connectivity index (χ1v) is 8.44. The average Bonchev–Trinajstić information content (AvgIpc) is 2.41. The third-order valence-corrected chi connectivity index (χ3v) is 5.94. The summed E-state index contributed by atoms with van der Waals surface area (Å²) in [6, 6.07) is 11.9. The molecule has 0 fully saturated rings. The van der Waals surface area contributed by atoms with Crippen molar-refractivity contribution in [2.75, 3.05) is 11.4 Å². The van der Waals surface area contributed by atoms with Crippen molar-refractivity contribution in [2.45, 2.75) is 11.8 Å². The predicted molar refractivity (Wildman–Crippen MR) is 85.9 cm³/mol. The molecule has 0 heterocycles. The highest BCUT2D eigenvalue weighted by Gasteiger charge is 2.21. The van der Waals surface area contributed by atoms with Gasteiger partial charge in [-0.3, -0.25) is 4.31 Å². The number of hydrogen-bond acceptors (Lipinski definition) is 2. The Morgan fingerprint density at radius 1 is 1.10 bits per heavy atom. The summed E-state index contributed by atoms with van der Waals surface area (Å²) in [6.07, 6.45) is 0. The highest BCUT2D eigenvalue weighted by molar-refractivity contribution is 9.10. The molecule has 0 N–H and O–H groups in total. The minimum Gasteiger partial charge on any atom is -0.269 e. The molecule has 0 saturated heterocycles. The number of hydrogen-bond donors (Lipinski definition) is 0. The highest BCUT2D eigenvalue weighted by Crippen LogP contribution is 2.28. The molecule has 0 aliphatic rings. The number of anilines is 1. The number of aryl methyl sites for hydroxylation is 1. The van der Waals surface area contributed by atoms with E-state index in [4.69, 9.17) is 11.6 Å². The third-order valence-electron chi connectivity index (χ3n) is 2.95. The highest BCUT2D eigenvalue weighted by atomic mass is 79.9. The number of sulfonamides is 1. The molecule has 6 heteroatoms. The van der Waals surface area contributed by atoms with Crippen LogP contribution in [-0.2, 0) is 10.0 Å². The van der Waals surface area contributed by atoms with E-state index in [0.29, 0.717) is 15.2 Å². The molecule has 0 radical (unpaired) electrons. The van der Waals surface area contributed by atoms with Crippen LogP contribution in [-0.4, -0.2) is 15.5 Å².